The summed E-state index contributed by atoms with van der Waals surface area (Å²) in [5, 5.41) is 1.13. The van der Waals surface area contributed by atoms with Gasteiger partial charge in [0.15, 0.2) is 5.78 Å². The van der Waals surface area contributed by atoms with Crippen LogP contribution in [0.1, 0.15) is 22.5 Å². The van der Waals surface area contributed by atoms with Gasteiger partial charge < -0.3 is 4.42 Å². The Kier molecular flexibility index (Phi) is 2.15. The number of hydrogen-bond donors (Lipinski definition) is 0. The van der Waals surface area contributed by atoms with Gasteiger partial charge in [-0.2, -0.15) is 0 Å². The maximum atomic E-state index is 12.0. The van der Waals surface area contributed by atoms with E-state index >= 15 is 0 Å². The fourth-order valence-corrected chi connectivity index (χ4v) is 2.53. The van der Waals surface area contributed by atoms with E-state index in [0.717, 1.165) is 5.39 Å². The molecule has 2 heterocycles. The lowest BCUT2D eigenvalue weighted by Crippen LogP contribution is -2.10. The molecule has 0 atom stereocenters. The number of rotatable bonds is 0. The Labute approximate surface area is 113 Å². The van der Waals surface area contributed by atoms with Crippen molar-refractivity contribution >= 4 is 33.7 Å². The molecular weight excluding hydrogens is 254 g/mol. The van der Waals surface area contributed by atoms with Crippen molar-refractivity contribution in [1.82, 2.24) is 4.98 Å². The Hall–Kier alpha value is -2.75. The van der Waals surface area contributed by atoms with E-state index in [9.17, 15) is 9.59 Å². The summed E-state index contributed by atoms with van der Waals surface area (Å²) < 4.78 is 5.28. The van der Waals surface area contributed by atoms with Gasteiger partial charge in [-0.3, -0.25) is 4.79 Å². The predicted molar refractivity (Wildman–Crippen MR) is 75.8 cm³/mol. The van der Waals surface area contributed by atoms with E-state index in [2.05, 4.69) is 4.98 Å². The summed E-state index contributed by atoms with van der Waals surface area (Å²) in [4.78, 5) is 28.4. The zero-order valence-corrected chi connectivity index (χ0v) is 10.4. The molecule has 1 aliphatic carbocycles. The van der Waals surface area contributed by atoms with E-state index in [1.165, 1.54) is 0 Å². The third-order valence-electron chi connectivity index (χ3n) is 3.50. The molecule has 1 aliphatic rings. The quantitative estimate of drug-likeness (QED) is 0.462. The first-order valence-electron chi connectivity index (χ1n) is 6.30. The summed E-state index contributed by atoms with van der Waals surface area (Å²) >= 11 is 0. The smallest absolute Gasteiger partial charge is 0.345 e. The number of para-hydroxylation sites is 1. The van der Waals surface area contributed by atoms with Crippen LogP contribution in [0, 0.1) is 0 Å². The monoisotopic (exact) mass is 263 g/mol. The van der Waals surface area contributed by atoms with Crippen molar-refractivity contribution in [2.75, 3.05) is 0 Å². The SMILES string of the molecule is O=C1CC=Cc2nc3c(cc21)c(=O)oc1ccccc13. The lowest BCUT2D eigenvalue weighted by atomic mass is 9.99. The number of ketones is 1. The average Bonchev–Trinajstić information content (AvgIpc) is 2.47. The summed E-state index contributed by atoms with van der Waals surface area (Å²) in [7, 11) is 0. The number of allylic oxidation sites excluding steroid dienone is 1. The minimum Gasteiger partial charge on any atom is -0.422 e. The number of Topliss-reactive ketones (excluding diaryl/α,β-unsaturated/α-hetero) is 1. The van der Waals surface area contributed by atoms with Crippen LogP contribution >= 0.6 is 0 Å². The Bertz CT molecular complexity index is 967. The molecule has 4 nitrogen and oxygen atoms in total. The number of hydrogen-bond acceptors (Lipinski definition) is 4. The Balaban J connectivity index is 2.24. The summed E-state index contributed by atoms with van der Waals surface area (Å²) in [6, 6.07) is 8.86. The second-order valence-electron chi connectivity index (χ2n) is 4.73. The molecule has 0 radical (unpaired) electrons. The minimum atomic E-state index is -0.462. The molecule has 0 saturated heterocycles. The molecule has 0 N–H and O–H groups in total. The topological polar surface area (TPSA) is 60.2 Å². The Morgan fingerprint density at radius 3 is 2.85 bits per heavy atom. The number of pyridine rings is 1. The number of fused-ring (bicyclic) bond motifs is 4. The normalized spacial score (nSPS) is 13.9. The third-order valence-corrected chi connectivity index (χ3v) is 3.50. The van der Waals surface area contributed by atoms with Crippen LogP contribution in [0.2, 0.25) is 0 Å². The summed E-state index contributed by atoms with van der Waals surface area (Å²) in [6.45, 7) is 0. The summed E-state index contributed by atoms with van der Waals surface area (Å²) in [5.74, 6) is -0.0236. The van der Waals surface area contributed by atoms with Crippen molar-refractivity contribution < 1.29 is 9.21 Å². The largest absolute Gasteiger partial charge is 0.422 e. The van der Waals surface area contributed by atoms with Gasteiger partial charge in [0.2, 0.25) is 0 Å². The highest BCUT2D eigenvalue weighted by Gasteiger charge is 2.18. The third kappa shape index (κ3) is 1.45. The molecule has 0 spiro atoms. The van der Waals surface area contributed by atoms with Crippen molar-refractivity contribution in [2.45, 2.75) is 6.42 Å². The van der Waals surface area contributed by atoms with Crippen molar-refractivity contribution in [3.05, 3.63) is 58.1 Å². The van der Waals surface area contributed by atoms with Crippen LogP contribution in [0.3, 0.4) is 0 Å². The predicted octanol–water partition coefficient (Wildman–Crippen LogP) is 2.94. The molecule has 1 aromatic carbocycles. The first-order valence-corrected chi connectivity index (χ1v) is 6.30. The highest BCUT2D eigenvalue weighted by atomic mass is 16.4. The number of benzene rings is 1. The fourth-order valence-electron chi connectivity index (χ4n) is 2.53. The second kappa shape index (κ2) is 3.87. The average molecular weight is 263 g/mol. The van der Waals surface area contributed by atoms with Crippen LogP contribution in [0.4, 0.5) is 0 Å². The van der Waals surface area contributed by atoms with Crippen LogP contribution in [0.15, 0.2) is 45.6 Å². The summed E-state index contributed by atoms with van der Waals surface area (Å²) in [5.41, 5.74) is 1.72. The molecule has 4 heteroatoms. The molecule has 20 heavy (non-hydrogen) atoms. The van der Waals surface area contributed by atoms with Gasteiger partial charge in [0.1, 0.15) is 5.58 Å². The molecule has 4 rings (SSSR count). The Morgan fingerprint density at radius 2 is 1.95 bits per heavy atom. The molecule has 96 valence electrons. The molecule has 0 saturated carbocycles. The van der Waals surface area contributed by atoms with Gasteiger partial charge in [0.25, 0.3) is 0 Å². The van der Waals surface area contributed by atoms with Gasteiger partial charge >= 0.3 is 5.63 Å². The zero-order valence-electron chi connectivity index (χ0n) is 10.4. The minimum absolute atomic E-state index is 0.0236. The van der Waals surface area contributed by atoms with E-state index < -0.39 is 5.63 Å². The van der Waals surface area contributed by atoms with Crippen molar-refractivity contribution in [3.63, 3.8) is 0 Å². The molecule has 0 fully saturated rings. The van der Waals surface area contributed by atoms with Gasteiger partial charge in [-0.25, -0.2) is 9.78 Å². The van der Waals surface area contributed by atoms with Gasteiger partial charge in [-0.15, -0.1) is 0 Å². The van der Waals surface area contributed by atoms with Crippen LogP contribution < -0.4 is 5.63 Å². The van der Waals surface area contributed by atoms with Gasteiger partial charge in [-0.05, 0) is 24.3 Å². The van der Waals surface area contributed by atoms with Crippen LogP contribution in [0.5, 0.6) is 0 Å². The fraction of sp³-hybridized carbons (Fsp3) is 0.0625. The van der Waals surface area contributed by atoms with Crippen LogP contribution in [0.25, 0.3) is 27.9 Å². The number of carbonyl (C=O) groups excluding carboxylic acids is 1. The standard InChI is InChI=1S/C16H9NO3/c18-13-6-3-5-12-10(13)8-11-15(17-12)9-4-1-2-7-14(9)20-16(11)19/h1-5,7-8H,6H2. The first-order chi connectivity index (χ1) is 9.74. The molecule has 0 unspecified atom stereocenters. The van der Waals surface area contributed by atoms with Gasteiger partial charge in [-0.1, -0.05) is 18.2 Å². The maximum absolute atomic E-state index is 12.0. The van der Waals surface area contributed by atoms with Crippen molar-refractivity contribution in [1.29, 1.82) is 0 Å². The summed E-state index contributed by atoms with van der Waals surface area (Å²) in [6.07, 6.45) is 3.95. The van der Waals surface area contributed by atoms with E-state index in [0.29, 0.717) is 34.2 Å². The van der Waals surface area contributed by atoms with Gasteiger partial charge in [0.05, 0.1) is 16.6 Å². The molecule has 3 aromatic rings. The number of carbonyl (C=O) groups is 1. The molecule has 2 aromatic heterocycles. The zero-order chi connectivity index (χ0) is 13.7. The molecule has 0 amide bonds. The second-order valence-corrected chi connectivity index (χ2v) is 4.73. The van der Waals surface area contributed by atoms with Crippen molar-refractivity contribution in [2.24, 2.45) is 0 Å². The lowest BCUT2D eigenvalue weighted by Gasteiger charge is -2.10. The maximum Gasteiger partial charge on any atom is 0.345 e. The van der Waals surface area contributed by atoms with E-state index in [1.54, 1.807) is 24.3 Å². The van der Waals surface area contributed by atoms with Gasteiger partial charge in [0, 0.05) is 17.4 Å². The highest BCUT2D eigenvalue weighted by molar-refractivity contribution is 6.08. The lowest BCUT2D eigenvalue weighted by molar-refractivity contribution is 0.0994. The molecular formula is C16H9NO3. The molecule has 0 bridgehead atoms. The van der Waals surface area contributed by atoms with E-state index in [1.807, 2.05) is 18.2 Å². The first kappa shape index (κ1) is 11.1. The van der Waals surface area contributed by atoms with Crippen LogP contribution in [-0.2, 0) is 0 Å². The molecule has 0 aliphatic heterocycles. The Morgan fingerprint density at radius 1 is 1.10 bits per heavy atom. The van der Waals surface area contributed by atoms with Crippen LogP contribution in [-0.4, -0.2) is 10.8 Å². The van der Waals surface area contributed by atoms with Crippen molar-refractivity contribution in [3.8, 4) is 0 Å². The van der Waals surface area contributed by atoms with E-state index in [4.69, 9.17) is 4.42 Å². The highest BCUT2D eigenvalue weighted by Crippen LogP contribution is 2.25. The van der Waals surface area contributed by atoms with E-state index in [-0.39, 0.29) is 5.78 Å². The number of aromatic nitrogens is 1. The number of nitrogens with zero attached hydrogens (tertiary/aromatic N) is 1.